The average molecular weight is 329 g/mol. The first-order valence-corrected chi connectivity index (χ1v) is 8.35. The van der Waals surface area contributed by atoms with E-state index in [9.17, 15) is 19.5 Å². The fourth-order valence-corrected chi connectivity index (χ4v) is 4.23. The molecule has 3 saturated carbocycles. The van der Waals surface area contributed by atoms with Crippen LogP contribution in [0.2, 0.25) is 0 Å². The minimum Gasteiger partial charge on any atom is -0.550 e. The molecule has 24 heavy (non-hydrogen) atoms. The largest absolute Gasteiger partial charge is 0.550 e. The number of rotatable bonds is 4. The van der Waals surface area contributed by atoms with Crippen LogP contribution >= 0.6 is 0 Å². The van der Waals surface area contributed by atoms with Crippen molar-refractivity contribution in [3.8, 4) is 0 Å². The summed E-state index contributed by atoms with van der Waals surface area (Å²) in [5.41, 5.74) is 1.23. The van der Waals surface area contributed by atoms with Gasteiger partial charge >= 0.3 is 0 Å². The number of benzene rings is 1. The molecule has 6 heteroatoms. The third-order valence-electron chi connectivity index (χ3n) is 5.27. The fourth-order valence-electron chi connectivity index (χ4n) is 4.23. The molecule has 0 saturated heterocycles. The van der Waals surface area contributed by atoms with Gasteiger partial charge in [0, 0.05) is 36.1 Å². The summed E-state index contributed by atoms with van der Waals surface area (Å²) >= 11 is 0. The first-order chi connectivity index (χ1) is 11.5. The van der Waals surface area contributed by atoms with E-state index >= 15 is 0 Å². The molecule has 6 nitrogen and oxygen atoms in total. The molecule has 3 aliphatic rings. The Kier molecular flexibility index (Phi) is 4.55. The molecule has 0 radical (unpaired) electrons. The first-order valence-electron chi connectivity index (χ1n) is 8.35. The molecule has 0 unspecified atom stereocenters. The molecule has 4 rings (SSSR count). The van der Waals surface area contributed by atoms with E-state index in [0.717, 1.165) is 25.7 Å². The van der Waals surface area contributed by atoms with Crippen LogP contribution in [0.5, 0.6) is 0 Å². The van der Waals surface area contributed by atoms with Crippen LogP contribution in [-0.4, -0.2) is 17.8 Å². The minimum absolute atomic E-state index is 0.0536. The third-order valence-corrected chi connectivity index (χ3v) is 5.27. The van der Waals surface area contributed by atoms with E-state index in [0.29, 0.717) is 11.4 Å². The van der Waals surface area contributed by atoms with Gasteiger partial charge in [-0.3, -0.25) is 9.59 Å². The summed E-state index contributed by atoms with van der Waals surface area (Å²) in [6.45, 7) is 1.42. The summed E-state index contributed by atoms with van der Waals surface area (Å²) in [6, 6.07) is 6.77. The fraction of sp³-hybridized carbons (Fsp3) is 0.500. The van der Waals surface area contributed by atoms with Crippen LogP contribution in [0.25, 0.3) is 0 Å². The Bertz CT molecular complexity index is 647. The summed E-state index contributed by atoms with van der Waals surface area (Å²) < 4.78 is 0. The smallest absolute Gasteiger partial charge is 0.228 e. The number of carbonyl (C=O) groups is 3. The van der Waals surface area contributed by atoms with Crippen LogP contribution in [-0.2, 0) is 14.4 Å². The number of anilines is 2. The van der Waals surface area contributed by atoms with Crippen molar-refractivity contribution >= 4 is 29.2 Å². The van der Waals surface area contributed by atoms with Crippen molar-refractivity contribution in [2.75, 3.05) is 10.6 Å². The van der Waals surface area contributed by atoms with Gasteiger partial charge in [-0.15, -0.1) is 0 Å². The Morgan fingerprint density at radius 1 is 0.875 bits per heavy atom. The number of carboxylic acids is 1. The monoisotopic (exact) mass is 329 g/mol. The topological polar surface area (TPSA) is 98.3 Å². The predicted molar refractivity (Wildman–Crippen MR) is 86.8 cm³/mol. The van der Waals surface area contributed by atoms with Gasteiger partial charge in [-0.25, -0.2) is 0 Å². The van der Waals surface area contributed by atoms with Crippen LogP contribution in [0.1, 0.15) is 32.6 Å². The summed E-state index contributed by atoms with van der Waals surface area (Å²) in [6.07, 6.45) is 3.57. The Morgan fingerprint density at radius 2 is 1.33 bits per heavy atom. The highest BCUT2D eigenvalue weighted by atomic mass is 16.4. The van der Waals surface area contributed by atoms with Gasteiger partial charge in [-0.05, 0) is 61.8 Å². The van der Waals surface area contributed by atoms with E-state index < -0.39 is 17.8 Å². The van der Waals surface area contributed by atoms with Gasteiger partial charge in [0.25, 0.3) is 0 Å². The number of carbonyl (C=O) groups excluding carboxylic acids is 3. The van der Waals surface area contributed by atoms with Crippen LogP contribution in [0.4, 0.5) is 11.4 Å². The zero-order valence-electron chi connectivity index (χ0n) is 13.6. The highest BCUT2D eigenvalue weighted by Crippen LogP contribution is 2.49. The van der Waals surface area contributed by atoms with Crippen LogP contribution < -0.4 is 15.7 Å². The second-order valence-electron chi connectivity index (χ2n) is 6.79. The van der Waals surface area contributed by atoms with E-state index in [-0.39, 0.29) is 23.7 Å². The van der Waals surface area contributed by atoms with Gasteiger partial charge in [-0.2, -0.15) is 0 Å². The summed E-state index contributed by atoms with van der Waals surface area (Å²) in [7, 11) is 0. The Morgan fingerprint density at radius 3 is 1.79 bits per heavy atom. The molecular formula is C18H21N2O4-. The number of fused-ring (bicyclic) bond motifs is 3. The molecule has 2 atom stereocenters. The Labute approximate surface area is 140 Å². The number of amides is 2. The van der Waals surface area contributed by atoms with Crippen LogP contribution in [0.3, 0.4) is 0 Å². The van der Waals surface area contributed by atoms with Gasteiger partial charge in [0.15, 0.2) is 0 Å². The maximum absolute atomic E-state index is 12.7. The van der Waals surface area contributed by atoms with Crippen LogP contribution in [0, 0.1) is 23.7 Å². The lowest BCUT2D eigenvalue weighted by molar-refractivity contribution is -0.318. The summed E-state index contributed by atoms with van der Waals surface area (Å²) in [5.74, 6) is -2.54. The molecule has 0 spiro atoms. The first kappa shape index (κ1) is 16.5. The molecule has 2 N–H and O–H groups in total. The molecule has 1 aromatic carbocycles. The molecule has 0 aromatic heterocycles. The zero-order valence-corrected chi connectivity index (χ0v) is 13.6. The normalized spacial score (nSPS) is 28.2. The SMILES string of the molecule is CC(=O)Nc1ccc(NC(=O)[C@@H]2C3CCC(CC3)[C@@H]2C(=O)[O-])cc1. The molecule has 3 fully saturated rings. The molecule has 1 aromatic rings. The Hall–Kier alpha value is -2.37. The molecule has 2 amide bonds. The van der Waals surface area contributed by atoms with E-state index in [2.05, 4.69) is 10.6 Å². The van der Waals surface area contributed by atoms with Gasteiger partial charge < -0.3 is 20.5 Å². The predicted octanol–water partition coefficient (Wildman–Crippen LogP) is 1.39. The van der Waals surface area contributed by atoms with Gasteiger partial charge in [0.2, 0.25) is 11.8 Å². The minimum atomic E-state index is -1.11. The van der Waals surface area contributed by atoms with E-state index in [1.165, 1.54) is 6.92 Å². The van der Waals surface area contributed by atoms with Gasteiger partial charge in [0.1, 0.15) is 0 Å². The van der Waals surface area contributed by atoms with Gasteiger partial charge in [-0.1, -0.05) is 0 Å². The van der Waals surface area contributed by atoms with Crippen molar-refractivity contribution in [1.29, 1.82) is 0 Å². The molecular weight excluding hydrogens is 308 g/mol. The second-order valence-corrected chi connectivity index (χ2v) is 6.79. The third kappa shape index (κ3) is 3.27. The van der Waals surface area contributed by atoms with Crippen molar-refractivity contribution < 1.29 is 19.5 Å². The zero-order chi connectivity index (χ0) is 17.3. The van der Waals surface area contributed by atoms with Crippen molar-refractivity contribution in [2.24, 2.45) is 23.7 Å². The summed E-state index contributed by atoms with van der Waals surface area (Å²) in [4.78, 5) is 35.2. The van der Waals surface area contributed by atoms with Crippen molar-refractivity contribution in [3.05, 3.63) is 24.3 Å². The molecule has 128 valence electrons. The highest BCUT2D eigenvalue weighted by molar-refractivity contribution is 5.96. The van der Waals surface area contributed by atoms with Crippen LogP contribution in [0.15, 0.2) is 24.3 Å². The molecule has 2 bridgehead atoms. The number of carboxylic acid groups (broad SMARTS) is 1. The quantitative estimate of drug-likeness (QED) is 0.872. The second kappa shape index (κ2) is 6.63. The van der Waals surface area contributed by atoms with Gasteiger partial charge in [0.05, 0.1) is 0 Å². The average Bonchev–Trinajstić information content (AvgIpc) is 2.56. The maximum Gasteiger partial charge on any atom is 0.228 e. The number of nitrogens with one attached hydrogen (secondary N) is 2. The maximum atomic E-state index is 12.7. The van der Waals surface area contributed by atoms with E-state index in [4.69, 9.17) is 0 Å². The lowest BCUT2D eigenvalue weighted by atomic mass is 9.58. The lowest BCUT2D eigenvalue weighted by Crippen LogP contribution is -2.52. The van der Waals surface area contributed by atoms with E-state index in [1.807, 2.05) is 0 Å². The van der Waals surface area contributed by atoms with E-state index in [1.54, 1.807) is 24.3 Å². The lowest BCUT2D eigenvalue weighted by Gasteiger charge is -2.48. The molecule has 0 heterocycles. The molecule has 0 aliphatic heterocycles. The highest BCUT2D eigenvalue weighted by Gasteiger charge is 2.47. The standard InChI is InChI=1S/C18H22N2O4/c1-10(21)19-13-6-8-14(9-7-13)20-17(22)15-11-2-4-12(5-3-11)16(15)18(23)24/h6-9,11-12,15-16H,2-5H2,1H3,(H,19,21)(H,20,22)(H,23,24)/p-1/t11?,12?,15-,16+/m1/s1. The van der Waals surface area contributed by atoms with Crippen molar-refractivity contribution in [3.63, 3.8) is 0 Å². The number of hydrogen-bond acceptors (Lipinski definition) is 4. The van der Waals surface area contributed by atoms with Crippen molar-refractivity contribution in [2.45, 2.75) is 32.6 Å². The molecule has 3 aliphatic carbocycles. The Balaban J connectivity index is 1.71. The summed E-state index contributed by atoms with van der Waals surface area (Å²) in [5, 5.41) is 17.0. The number of aliphatic carboxylic acids is 1. The van der Waals surface area contributed by atoms with Crippen molar-refractivity contribution in [1.82, 2.24) is 0 Å². The number of hydrogen-bond donors (Lipinski definition) is 2.